The molecule has 11 heavy (non-hydrogen) atoms. The molecule has 1 rings (SSSR count). The van der Waals surface area contributed by atoms with E-state index in [1.54, 1.807) is 0 Å². The van der Waals surface area contributed by atoms with Gasteiger partial charge in [0.25, 0.3) is 0 Å². The third-order valence-electron chi connectivity index (χ3n) is 1.89. The van der Waals surface area contributed by atoms with Crippen LogP contribution in [0, 0.1) is 0 Å². The number of ketones is 1. The second-order valence-corrected chi connectivity index (χ2v) is 4.21. The Bertz CT molecular complexity index is 154. The Balaban J connectivity index is 2.22. The fourth-order valence-electron chi connectivity index (χ4n) is 1.33. The van der Waals surface area contributed by atoms with Crippen molar-refractivity contribution in [3.8, 4) is 0 Å². The van der Waals surface area contributed by atoms with Crippen molar-refractivity contribution in [3.63, 3.8) is 0 Å². The largest absolute Gasteiger partial charge is 0.300 e. The van der Waals surface area contributed by atoms with E-state index in [4.69, 9.17) is 0 Å². The van der Waals surface area contributed by atoms with Gasteiger partial charge in [0.1, 0.15) is 5.78 Å². The highest BCUT2D eigenvalue weighted by atomic mass is 32.2. The van der Waals surface area contributed by atoms with Crippen LogP contribution in [0.25, 0.3) is 0 Å². The van der Waals surface area contributed by atoms with Crippen LogP contribution in [0.2, 0.25) is 0 Å². The normalized spacial score (nSPS) is 25.1. The zero-order valence-electron chi connectivity index (χ0n) is 6.71. The quantitative estimate of drug-likeness (QED) is 0.605. The van der Waals surface area contributed by atoms with Gasteiger partial charge in [0.05, 0.1) is 0 Å². The number of carbonyl (C=O) groups excluding carboxylic acids is 1. The highest BCUT2D eigenvalue weighted by Gasteiger charge is 2.18. The van der Waals surface area contributed by atoms with Crippen molar-refractivity contribution in [2.75, 3.05) is 5.75 Å². The lowest BCUT2D eigenvalue weighted by molar-refractivity contribution is -0.120. The van der Waals surface area contributed by atoms with Gasteiger partial charge in [0.15, 0.2) is 0 Å². The van der Waals surface area contributed by atoms with Crippen LogP contribution in [0.1, 0.15) is 25.7 Å². The molecule has 0 aromatic carbocycles. The minimum absolute atomic E-state index is 0.442. The van der Waals surface area contributed by atoms with E-state index in [-0.39, 0.29) is 0 Å². The highest BCUT2D eigenvalue weighted by molar-refractivity contribution is 8.00. The first-order valence-electron chi connectivity index (χ1n) is 4.07. The lowest BCUT2D eigenvalue weighted by Crippen LogP contribution is -2.16. The van der Waals surface area contributed by atoms with Crippen LogP contribution in [0.4, 0.5) is 0 Å². The molecular weight excluding hydrogens is 156 g/mol. The Labute approximate surface area is 72.2 Å². The zero-order chi connectivity index (χ0) is 8.10. The summed E-state index contributed by atoms with van der Waals surface area (Å²) in [7, 11) is 0. The van der Waals surface area contributed by atoms with Crippen molar-refractivity contribution in [1.82, 2.24) is 0 Å². The third-order valence-corrected chi connectivity index (χ3v) is 3.19. The van der Waals surface area contributed by atoms with E-state index in [2.05, 4.69) is 6.58 Å². The predicted molar refractivity (Wildman–Crippen MR) is 49.9 cm³/mol. The van der Waals surface area contributed by atoms with Crippen molar-refractivity contribution >= 4 is 17.5 Å². The Morgan fingerprint density at radius 1 is 1.73 bits per heavy atom. The van der Waals surface area contributed by atoms with Gasteiger partial charge in [0, 0.05) is 23.8 Å². The Hall–Kier alpha value is -0.240. The molecule has 1 aliphatic rings. The summed E-state index contributed by atoms with van der Waals surface area (Å²) in [5, 5.41) is 0.578. The number of carbonyl (C=O) groups is 1. The Kier molecular flexibility index (Phi) is 3.70. The summed E-state index contributed by atoms with van der Waals surface area (Å²) in [5.74, 6) is 1.43. The van der Waals surface area contributed by atoms with Gasteiger partial charge in [-0.2, -0.15) is 11.8 Å². The number of Topliss-reactive ketones (excluding diaryl/α,β-unsaturated/α-hetero) is 1. The molecule has 0 N–H and O–H groups in total. The molecule has 0 aliphatic heterocycles. The van der Waals surface area contributed by atoms with Crippen LogP contribution in [0.3, 0.4) is 0 Å². The van der Waals surface area contributed by atoms with Gasteiger partial charge in [0.2, 0.25) is 0 Å². The second kappa shape index (κ2) is 4.60. The van der Waals surface area contributed by atoms with E-state index in [1.165, 1.54) is 6.42 Å². The maximum Gasteiger partial charge on any atom is 0.134 e. The molecule has 1 fully saturated rings. The summed E-state index contributed by atoms with van der Waals surface area (Å²) in [5.41, 5.74) is 0. The predicted octanol–water partition coefficient (Wildman–Crippen LogP) is 2.42. The third kappa shape index (κ3) is 3.10. The molecular formula is C9H14OS. The fraction of sp³-hybridized carbons (Fsp3) is 0.667. The van der Waals surface area contributed by atoms with E-state index in [0.717, 1.165) is 25.0 Å². The van der Waals surface area contributed by atoms with Gasteiger partial charge in [-0.25, -0.2) is 0 Å². The first kappa shape index (κ1) is 8.85. The Morgan fingerprint density at radius 3 is 3.18 bits per heavy atom. The molecule has 1 nitrogen and oxygen atoms in total. The van der Waals surface area contributed by atoms with E-state index in [1.807, 2.05) is 17.8 Å². The van der Waals surface area contributed by atoms with E-state index < -0.39 is 0 Å². The summed E-state index contributed by atoms with van der Waals surface area (Å²) >= 11 is 1.86. The van der Waals surface area contributed by atoms with Gasteiger partial charge < -0.3 is 0 Å². The lowest BCUT2D eigenvalue weighted by atomic mass is 9.99. The smallest absolute Gasteiger partial charge is 0.134 e. The second-order valence-electron chi connectivity index (χ2n) is 2.88. The zero-order valence-corrected chi connectivity index (χ0v) is 7.53. The van der Waals surface area contributed by atoms with Crippen LogP contribution >= 0.6 is 11.8 Å². The standard InChI is InChI=1S/C9H14OS/c1-2-6-11-9-5-3-4-8(10)7-9/h2,9H,1,3-7H2. The van der Waals surface area contributed by atoms with Crippen molar-refractivity contribution < 1.29 is 4.79 Å². The van der Waals surface area contributed by atoms with Crippen LogP contribution < -0.4 is 0 Å². The first-order valence-corrected chi connectivity index (χ1v) is 5.12. The average Bonchev–Trinajstić information content (AvgIpc) is 2.01. The maximum absolute atomic E-state index is 11.0. The van der Waals surface area contributed by atoms with Gasteiger partial charge in [-0.05, 0) is 12.8 Å². The van der Waals surface area contributed by atoms with Gasteiger partial charge >= 0.3 is 0 Å². The number of rotatable bonds is 3. The molecule has 1 atom stereocenters. The number of hydrogen-bond acceptors (Lipinski definition) is 2. The molecule has 0 saturated heterocycles. The molecule has 0 bridgehead atoms. The number of hydrogen-bond donors (Lipinski definition) is 0. The summed E-state index contributed by atoms with van der Waals surface area (Å²) in [4.78, 5) is 11.0. The summed E-state index contributed by atoms with van der Waals surface area (Å²) < 4.78 is 0. The minimum Gasteiger partial charge on any atom is -0.300 e. The molecule has 1 unspecified atom stereocenters. The molecule has 0 heterocycles. The molecule has 1 saturated carbocycles. The highest BCUT2D eigenvalue weighted by Crippen LogP contribution is 2.26. The monoisotopic (exact) mass is 170 g/mol. The van der Waals surface area contributed by atoms with Crippen LogP contribution in [0.5, 0.6) is 0 Å². The minimum atomic E-state index is 0.442. The maximum atomic E-state index is 11.0. The van der Waals surface area contributed by atoms with Crippen LogP contribution in [-0.2, 0) is 4.79 Å². The summed E-state index contributed by atoms with van der Waals surface area (Å²) in [6.45, 7) is 3.66. The SMILES string of the molecule is C=CCSC1CCCC(=O)C1. The van der Waals surface area contributed by atoms with E-state index in [0.29, 0.717) is 11.0 Å². The summed E-state index contributed by atoms with van der Waals surface area (Å²) in [6, 6.07) is 0. The van der Waals surface area contributed by atoms with Crippen molar-refractivity contribution in [1.29, 1.82) is 0 Å². The molecule has 0 spiro atoms. The van der Waals surface area contributed by atoms with E-state index in [9.17, 15) is 4.79 Å². The van der Waals surface area contributed by atoms with Gasteiger partial charge in [-0.15, -0.1) is 6.58 Å². The average molecular weight is 170 g/mol. The van der Waals surface area contributed by atoms with Crippen LogP contribution in [0.15, 0.2) is 12.7 Å². The van der Waals surface area contributed by atoms with Crippen molar-refractivity contribution in [3.05, 3.63) is 12.7 Å². The molecule has 1 aliphatic carbocycles. The fourth-order valence-corrected chi connectivity index (χ4v) is 2.38. The first-order chi connectivity index (χ1) is 5.33. The molecule has 0 radical (unpaired) electrons. The molecule has 0 aromatic rings. The molecule has 2 heteroatoms. The molecule has 62 valence electrons. The summed E-state index contributed by atoms with van der Waals surface area (Å²) in [6.07, 6.45) is 5.81. The molecule has 0 amide bonds. The van der Waals surface area contributed by atoms with Crippen molar-refractivity contribution in [2.24, 2.45) is 0 Å². The van der Waals surface area contributed by atoms with Gasteiger partial charge in [-0.1, -0.05) is 6.08 Å². The molecule has 0 aromatic heterocycles. The van der Waals surface area contributed by atoms with Gasteiger partial charge in [-0.3, -0.25) is 4.79 Å². The van der Waals surface area contributed by atoms with Crippen LogP contribution in [-0.4, -0.2) is 16.8 Å². The number of thioether (sulfide) groups is 1. The van der Waals surface area contributed by atoms with E-state index >= 15 is 0 Å². The Morgan fingerprint density at radius 2 is 2.55 bits per heavy atom. The van der Waals surface area contributed by atoms with Crippen molar-refractivity contribution in [2.45, 2.75) is 30.9 Å². The lowest BCUT2D eigenvalue weighted by Gasteiger charge is -2.19. The topological polar surface area (TPSA) is 17.1 Å².